The third-order valence-electron chi connectivity index (χ3n) is 8.25. The molecule has 7 heteroatoms. The Morgan fingerprint density at radius 3 is 2.53 bits per heavy atom. The zero-order valence-corrected chi connectivity index (χ0v) is 20.9. The van der Waals surface area contributed by atoms with Crippen molar-refractivity contribution in [2.45, 2.75) is 62.8 Å². The predicted octanol–water partition coefficient (Wildman–Crippen LogP) is 5.66. The second kappa shape index (κ2) is 8.75. The van der Waals surface area contributed by atoms with Gasteiger partial charge in [0.05, 0.1) is 23.4 Å². The molecule has 2 saturated heterocycles. The number of H-pyrrole nitrogens is 1. The van der Waals surface area contributed by atoms with Crippen molar-refractivity contribution in [1.82, 2.24) is 15.5 Å². The lowest BCUT2D eigenvalue weighted by Gasteiger charge is -2.39. The van der Waals surface area contributed by atoms with Crippen LogP contribution in [0.5, 0.6) is 0 Å². The molecule has 3 fully saturated rings. The molecule has 6 nitrogen and oxygen atoms in total. The molecule has 2 bridgehead atoms. The molecule has 3 aliphatic rings. The number of nitrogens with zero attached hydrogens (tertiary/aromatic N) is 2. The number of rotatable bonds is 6. The number of hydrogen-bond donors (Lipinski definition) is 3. The van der Waals surface area contributed by atoms with Gasteiger partial charge in [0.2, 0.25) is 0 Å². The van der Waals surface area contributed by atoms with Crippen LogP contribution in [0.4, 0.5) is 5.69 Å². The average molecular weight is 499 g/mol. The van der Waals surface area contributed by atoms with Gasteiger partial charge in [-0.15, -0.1) is 0 Å². The van der Waals surface area contributed by atoms with Crippen LogP contribution in [-0.4, -0.2) is 39.4 Å². The van der Waals surface area contributed by atoms with Gasteiger partial charge in [-0.05, 0) is 97.2 Å². The van der Waals surface area contributed by atoms with E-state index in [2.05, 4.69) is 61.5 Å². The molecule has 36 heavy (non-hydrogen) atoms. The summed E-state index contributed by atoms with van der Waals surface area (Å²) in [5.74, 6) is 0.499. The first-order chi connectivity index (χ1) is 17.6. The van der Waals surface area contributed by atoms with Gasteiger partial charge < -0.3 is 15.3 Å². The van der Waals surface area contributed by atoms with E-state index in [1.807, 2.05) is 18.2 Å². The third-order valence-corrected chi connectivity index (χ3v) is 8.96. The predicted molar refractivity (Wildman–Crippen MR) is 143 cm³/mol. The topological polar surface area (TPSA) is 81.2 Å². The van der Waals surface area contributed by atoms with Crippen LogP contribution in [0.3, 0.4) is 0 Å². The molecule has 4 atom stereocenters. The number of benzene rings is 2. The molecular formula is C29H30N4O2S. The Kier molecular flexibility index (Phi) is 5.36. The summed E-state index contributed by atoms with van der Waals surface area (Å²) in [5.41, 5.74) is 5.90. The van der Waals surface area contributed by atoms with Crippen molar-refractivity contribution in [2.24, 2.45) is 5.92 Å². The lowest BCUT2D eigenvalue weighted by molar-refractivity contribution is 0.0932. The monoisotopic (exact) mass is 498 g/mol. The Morgan fingerprint density at radius 1 is 1.06 bits per heavy atom. The Morgan fingerprint density at radius 2 is 1.83 bits per heavy atom. The van der Waals surface area contributed by atoms with E-state index in [9.17, 15) is 9.90 Å². The van der Waals surface area contributed by atoms with Gasteiger partial charge in [-0.25, -0.2) is 0 Å². The van der Waals surface area contributed by atoms with Crippen molar-refractivity contribution in [3.05, 3.63) is 70.4 Å². The highest BCUT2D eigenvalue weighted by Crippen LogP contribution is 2.42. The van der Waals surface area contributed by atoms with Crippen LogP contribution in [0.25, 0.3) is 22.2 Å². The molecule has 0 spiro atoms. The molecule has 1 saturated carbocycles. The van der Waals surface area contributed by atoms with Crippen LogP contribution in [0.2, 0.25) is 0 Å². The molecule has 2 aromatic carbocycles. The zero-order chi connectivity index (χ0) is 24.2. The second-order valence-corrected chi connectivity index (χ2v) is 11.4. The van der Waals surface area contributed by atoms with E-state index in [4.69, 9.17) is 0 Å². The fourth-order valence-electron chi connectivity index (χ4n) is 6.32. The second-order valence-electron chi connectivity index (χ2n) is 10.6. The fourth-order valence-corrected chi connectivity index (χ4v) is 7.01. The van der Waals surface area contributed by atoms with Gasteiger partial charge in [-0.1, -0.05) is 12.1 Å². The number of carbonyl (C=O) groups is 1. The van der Waals surface area contributed by atoms with Crippen LogP contribution in [0.1, 0.15) is 60.5 Å². The number of aliphatic hydroxyl groups excluding tert-OH is 1. The highest BCUT2D eigenvalue weighted by Gasteiger charge is 2.40. The standard InChI is InChI=1S/C29H30N4O2S/c34-24-14-22-8-9-23(15-24)33(22)21-6-3-18(4-7-21)28-25-13-19(5-10-26(25)31-32-28)29(35)30-27(17-1-2-17)20-11-12-36-16-20/h3-7,10-13,16-17,22-24,27,34H,1-2,8-9,14-15H2,(H,30,35)(H,31,32)/t22-,23+,24-,27?. The first-order valence-corrected chi connectivity index (χ1v) is 14.0. The summed E-state index contributed by atoms with van der Waals surface area (Å²) in [6.45, 7) is 0. The minimum Gasteiger partial charge on any atom is -0.393 e. The minimum atomic E-state index is -0.162. The number of aliphatic hydroxyl groups is 1. The summed E-state index contributed by atoms with van der Waals surface area (Å²) in [4.78, 5) is 15.7. The van der Waals surface area contributed by atoms with Crippen molar-refractivity contribution in [3.8, 4) is 11.3 Å². The number of anilines is 1. The van der Waals surface area contributed by atoms with Gasteiger partial charge in [0.1, 0.15) is 0 Å². The average Bonchev–Trinajstić information content (AvgIpc) is 3.29. The molecule has 184 valence electrons. The summed E-state index contributed by atoms with van der Waals surface area (Å²) >= 11 is 1.67. The van der Waals surface area contributed by atoms with E-state index in [0.717, 1.165) is 47.8 Å². The van der Waals surface area contributed by atoms with Crippen molar-refractivity contribution in [3.63, 3.8) is 0 Å². The van der Waals surface area contributed by atoms with Crippen molar-refractivity contribution >= 4 is 33.8 Å². The molecule has 1 unspecified atom stereocenters. The van der Waals surface area contributed by atoms with Crippen LogP contribution < -0.4 is 10.2 Å². The van der Waals surface area contributed by atoms with Gasteiger partial charge in [0.25, 0.3) is 5.91 Å². The molecule has 0 radical (unpaired) electrons. The van der Waals surface area contributed by atoms with Crippen molar-refractivity contribution in [1.29, 1.82) is 0 Å². The molecule has 3 N–H and O–H groups in total. The Bertz CT molecular complexity index is 1380. The molecule has 7 rings (SSSR count). The number of carbonyl (C=O) groups excluding carboxylic acids is 1. The van der Waals surface area contributed by atoms with Crippen molar-refractivity contribution < 1.29 is 9.90 Å². The maximum Gasteiger partial charge on any atom is 0.251 e. The van der Waals surface area contributed by atoms with Crippen LogP contribution >= 0.6 is 11.3 Å². The van der Waals surface area contributed by atoms with E-state index in [0.29, 0.717) is 23.6 Å². The van der Waals surface area contributed by atoms with Crippen LogP contribution in [0, 0.1) is 5.92 Å². The summed E-state index contributed by atoms with van der Waals surface area (Å²) in [7, 11) is 0. The van der Waals surface area contributed by atoms with E-state index < -0.39 is 0 Å². The van der Waals surface area contributed by atoms with Gasteiger partial charge in [-0.3, -0.25) is 9.89 Å². The number of aromatic nitrogens is 2. The number of thiophene rings is 1. The van der Waals surface area contributed by atoms with Gasteiger partial charge in [0, 0.05) is 34.3 Å². The molecule has 4 aromatic rings. The van der Waals surface area contributed by atoms with Gasteiger partial charge in [-0.2, -0.15) is 16.4 Å². The van der Waals surface area contributed by atoms with Crippen molar-refractivity contribution in [2.75, 3.05) is 4.90 Å². The van der Waals surface area contributed by atoms with E-state index in [-0.39, 0.29) is 18.1 Å². The van der Waals surface area contributed by atoms with Crippen LogP contribution in [-0.2, 0) is 0 Å². The first-order valence-electron chi connectivity index (χ1n) is 13.0. The zero-order valence-electron chi connectivity index (χ0n) is 20.1. The summed E-state index contributed by atoms with van der Waals surface area (Å²) in [6, 6.07) is 17.5. The van der Waals surface area contributed by atoms with Gasteiger partial charge in [0.15, 0.2) is 0 Å². The number of hydrogen-bond acceptors (Lipinski definition) is 5. The summed E-state index contributed by atoms with van der Waals surface area (Å²) in [6.07, 6.45) is 6.22. The Labute approximate surface area is 214 Å². The highest BCUT2D eigenvalue weighted by molar-refractivity contribution is 7.08. The Balaban J connectivity index is 1.14. The molecule has 1 aliphatic carbocycles. The molecule has 2 aromatic heterocycles. The number of nitrogens with one attached hydrogen (secondary N) is 2. The SMILES string of the molecule is O=C(NC(c1ccsc1)C1CC1)c1ccc2[nH]nc(-c3ccc(N4[C@@H]5CC[C@H]4C[C@H](O)C5)cc3)c2c1. The fraction of sp³-hybridized carbons (Fsp3) is 0.379. The molecular weight excluding hydrogens is 468 g/mol. The van der Waals surface area contributed by atoms with Crippen LogP contribution in [0.15, 0.2) is 59.3 Å². The third kappa shape index (κ3) is 3.91. The highest BCUT2D eigenvalue weighted by atomic mass is 32.1. The quantitative estimate of drug-likeness (QED) is 0.320. The number of aromatic amines is 1. The lowest BCUT2D eigenvalue weighted by Crippen LogP contribution is -2.44. The Hall–Kier alpha value is -3.16. The minimum absolute atomic E-state index is 0.0368. The van der Waals surface area contributed by atoms with Gasteiger partial charge >= 0.3 is 0 Å². The molecule has 4 heterocycles. The summed E-state index contributed by atoms with van der Waals surface area (Å²) < 4.78 is 0. The van der Waals surface area contributed by atoms with E-state index >= 15 is 0 Å². The maximum atomic E-state index is 13.2. The van der Waals surface area contributed by atoms with E-state index in [1.54, 1.807) is 11.3 Å². The smallest absolute Gasteiger partial charge is 0.251 e. The summed E-state index contributed by atoms with van der Waals surface area (Å²) in [5, 5.41) is 26.3. The number of piperidine rings is 1. The van der Waals surface area contributed by atoms with E-state index in [1.165, 1.54) is 24.1 Å². The maximum absolute atomic E-state index is 13.2. The largest absolute Gasteiger partial charge is 0.393 e. The molecule has 1 amide bonds. The lowest BCUT2D eigenvalue weighted by atomic mass is 9.98. The normalized spacial score (nSPS) is 24.2. The number of fused-ring (bicyclic) bond motifs is 3. The molecule has 2 aliphatic heterocycles. The number of amides is 1. The first kappa shape index (κ1) is 22.1.